The van der Waals surface area contributed by atoms with Gasteiger partial charge >= 0.3 is 12.1 Å². The van der Waals surface area contributed by atoms with Gasteiger partial charge < -0.3 is 10.4 Å². The Morgan fingerprint density at radius 2 is 2.18 bits per heavy atom. The number of rotatable bonds is 0. The molecule has 1 aromatic rings. The van der Waals surface area contributed by atoms with Gasteiger partial charge in [0.1, 0.15) is 0 Å². The molecule has 0 amide bonds. The summed E-state index contributed by atoms with van der Waals surface area (Å²) in [6.07, 6.45) is -2.02. The molecular formula is C9H12F3N3O2. The van der Waals surface area contributed by atoms with E-state index in [4.69, 9.17) is 9.90 Å². The van der Waals surface area contributed by atoms with Gasteiger partial charge in [0.2, 0.25) is 0 Å². The van der Waals surface area contributed by atoms with Crippen LogP contribution in [0.25, 0.3) is 0 Å². The number of carboxylic acid groups (broad SMARTS) is 1. The first-order valence-electron chi connectivity index (χ1n) is 4.83. The highest BCUT2D eigenvalue weighted by atomic mass is 19.4. The number of hydrogen-bond donors (Lipinski definition) is 2. The maximum absolute atomic E-state index is 10.6. The lowest BCUT2D eigenvalue weighted by atomic mass is 10.1. The predicted molar refractivity (Wildman–Crippen MR) is 52.3 cm³/mol. The first-order valence-corrected chi connectivity index (χ1v) is 4.83. The van der Waals surface area contributed by atoms with Gasteiger partial charge in [-0.15, -0.1) is 0 Å². The first-order chi connectivity index (χ1) is 7.82. The van der Waals surface area contributed by atoms with Gasteiger partial charge in [0.05, 0.1) is 6.20 Å². The molecule has 0 spiro atoms. The minimum absolute atomic E-state index is 0.989. The van der Waals surface area contributed by atoms with Crippen molar-refractivity contribution in [1.29, 1.82) is 0 Å². The second kappa shape index (κ2) is 5.17. The molecule has 0 aromatic carbocycles. The number of alkyl halides is 3. The van der Waals surface area contributed by atoms with Crippen LogP contribution in [0.3, 0.4) is 0 Å². The van der Waals surface area contributed by atoms with Gasteiger partial charge in [-0.25, -0.2) is 4.79 Å². The summed E-state index contributed by atoms with van der Waals surface area (Å²) in [5, 5.41) is 14.6. The third-order valence-electron chi connectivity index (χ3n) is 2.24. The van der Waals surface area contributed by atoms with Crippen molar-refractivity contribution in [3.63, 3.8) is 0 Å². The third-order valence-corrected chi connectivity index (χ3v) is 2.24. The molecule has 2 N–H and O–H groups in total. The van der Waals surface area contributed by atoms with Crippen LogP contribution in [0.1, 0.15) is 11.3 Å². The Hall–Kier alpha value is -1.57. The van der Waals surface area contributed by atoms with Crippen molar-refractivity contribution >= 4 is 5.97 Å². The zero-order valence-electron chi connectivity index (χ0n) is 9.08. The van der Waals surface area contributed by atoms with Crippen molar-refractivity contribution in [2.45, 2.75) is 19.1 Å². The van der Waals surface area contributed by atoms with E-state index in [1.807, 2.05) is 17.9 Å². The fourth-order valence-electron chi connectivity index (χ4n) is 1.41. The molecule has 0 saturated carbocycles. The van der Waals surface area contributed by atoms with Crippen molar-refractivity contribution in [2.75, 3.05) is 6.54 Å². The molecule has 8 heteroatoms. The average Bonchev–Trinajstić information content (AvgIpc) is 2.61. The fraction of sp³-hybridized carbons (Fsp3) is 0.556. The van der Waals surface area contributed by atoms with E-state index in [0.717, 1.165) is 19.5 Å². The Morgan fingerprint density at radius 3 is 2.65 bits per heavy atom. The lowest BCUT2D eigenvalue weighted by Gasteiger charge is -2.12. The Labute approximate surface area is 95.2 Å². The summed E-state index contributed by atoms with van der Waals surface area (Å²) < 4.78 is 33.7. The van der Waals surface area contributed by atoms with E-state index < -0.39 is 12.1 Å². The molecule has 17 heavy (non-hydrogen) atoms. The highest BCUT2D eigenvalue weighted by Gasteiger charge is 2.38. The molecule has 0 atom stereocenters. The van der Waals surface area contributed by atoms with Gasteiger partial charge in [-0.2, -0.15) is 18.3 Å². The van der Waals surface area contributed by atoms with Crippen molar-refractivity contribution in [3.05, 3.63) is 17.5 Å². The smallest absolute Gasteiger partial charge is 0.475 e. The second-order valence-corrected chi connectivity index (χ2v) is 3.47. The second-order valence-electron chi connectivity index (χ2n) is 3.47. The standard InChI is InChI=1S/C7H11N3.C2HF3O2/c1-10-7-2-3-8-4-6(7)5-9-10;3-2(4,5)1(6)7/h5,8H,2-4H2,1H3;(H,6,7). The molecule has 1 aliphatic rings. The number of carbonyl (C=O) groups is 1. The van der Waals surface area contributed by atoms with E-state index in [0.29, 0.717) is 0 Å². The number of aromatic nitrogens is 2. The van der Waals surface area contributed by atoms with Crippen molar-refractivity contribution < 1.29 is 23.1 Å². The van der Waals surface area contributed by atoms with Crippen LogP contribution in [-0.4, -0.2) is 33.6 Å². The van der Waals surface area contributed by atoms with Gasteiger partial charge in [0.25, 0.3) is 0 Å². The molecule has 0 saturated heterocycles. The fourth-order valence-corrected chi connectivity index (χ4v) is 1.41. The summed E-state index contributed by atoms with van der Waals surface area (Å²) >= 11 is 0. The SMILES string of the molecule is Cn1ncc2c1CCNC2.O=C(O)C(F)(F)F. The van der Waals surface area contributed by atoms with Crippen LogP contribution in [0.15, 0.2) is 6.20 Å². The zero-order chi connectivity index (χ0) is 13.1. The largest absolute Gasteiger partial charge is 0.490 e. The Balaban J connectivity index is 0.000000185. The van der Waals surface area contributed by atoms with Crippen LogP contribution >= 0.6 is 0 Å². The van der Waals surface area contributed by atoms with Crippen LogP contribution in [0.5, 0.6) is 0 Å². The maximum Gasteiger partial charge on any atom is 0.490 e. The monoisotopic (exact) mass is 251 g/mol. The van der Waals surface area contributed by atoms with Gasteiger partial charge in [-0.05, 0) is 0 Å². The summed E-state index contributed by atoms with van der Waals surface area (Å²) in [4.78, 5) is 8.90. The quantitative estimate of drug-likeness (QED) is 0.712. The van der Waals surface area contributed by atoms with Gasteiger partial charge in [0, 0.05) is 37.8 Å². The van der Waals surface area contributed by atoms with Crippen molar-refractivity contribution in [1.82, 2.24) is 15.1 Å². The molecule has 1 aliphatic heterocycles. The molecule has 0 fully saturated rings. The summed E-state index contributed by atoms with van der Waals surface area (Å²) in [6, 6.07) is 0. The summed E-state index contributed by atoms with van der Waals surface area (Å²) in [5.74, 6) is -2.76. The number of fused-ring (bicyclic) bond motifs is 1. The minimum Gasteiger partial charge on any atom is -0.475 e. The molecule has 0 bridgehead atoms. The summed E-state index contributed by atoms with van der Waals surface area (Å²) in [6.45, 7) is 2.08. The number of hydrogen-bond acceptors (Lipinski definition) is 3. The predicted octanol–water partition coefficient (Wildman–Crippen LogP) is 0.699. The first kappa shape index (κ1) is 13.5. The highest BCUT2D eigenvalue weighted by Crippen LogP contribution is 2.13. The molecule has 2 rings (SSSR count). The van der Waals surface area contributed by atoms with Gasteiger partial charge in [0.15, 0.2) is 0 Å². The zero-order valence-corrected chi connectivity index (χ0v) is 9.08. The molecular weight excluding hydrogens is 239 g/mol. The summed E-state index contributed by atoms with van der Waals surface area (Å²) in [7, 11) is 2.00. The molecule has 0 radical (unpaired) electrons. The Bertz CT molecular complexity index is 401. The number of nitrogens with one attached hydrogen (secondary N) is 1. The Morgan fingerprint density at radius 1 is 1.59 bits per heavy atom. The van der Waals surface area contributed by atoms with Crippen LogP contribution in [0.4, 0.5) is 13.2 Å². The normalized spacial score (nSPS) is 14.6. The van der Waals surface area contributed by atoms with Crippen LogP contribution in [-0.2, 0) is 24.8 Å². The van der Waals surface area contributed by atoms with E-state index >= 15 is 0 Å². The van der Waals surface area contributed by atoms with Crippen LogP contribution < -0.4 is 5.32 Å². The van der Waals surface area contributed by atoms with Crippen LogP contribution in [0, 0.1) is 0 Å². The Kier molecular flexibility index (Phi) is 4.11. The third kappa shape index (κ3) is 3.74. The van der Waals surface area contributed by atoms with E-state index in [1.54, 1.807) is 0 Å². The molecule has 2 heterocycles. The molecule has 5 nitrogen and oxygen atoms in total. The lowest BCUT2D eigenvalue weighted by molar-refractivity contribution is -0.192. The minimum atomic E-state index is -5.08. The van der Waals surface area contributed by atoms with E-state index in [1.165, 1.54) is 11.3 Å². The van der Waals surface area contributed by atoms with Gasteiger partial charge in [-0.1, -0.05) is 0 Å². The molecule has 96 valence electrons. The molecule has 0 unspecified atom stereocenters. The van der Waals surface area contributed by atoms with E-state index in [9.17, 15) is 13.2 Å². The number of halogens is 3. The van der Waals surface area contributed by atoms with Crippen molar-refractivity contribution in [3.8, 4) is 0 Å². The van der Waals surface area contributed by atoms with Crippen LogP contribution in [0.2, 0.25) is 0 Å². The number of carboxylic acids is 1. The topological polar surface area (TPSA) is 67.2 Å². The summed E-state index contributed by atoms with van der Waals surface area (Å²) in [5.41, 5.74) is 2.74. The van der Waals surface area contributed by atoms with E-state index in [-0.39, 0.29) is 0 Å². The number of aliphatic carboxylic acids is 1. The van der Waals surface area contributed by atoms with E-state index in [2.05, 4.69) is 10.4 Å². The molecule has 1 aromatic heterocycles. The van der Waals surface area contributed by atoms with Crippen molar-refractivity contribution in [2.24, 2.45) is 7.05 Å². The van der Waals surface area contributed by atoms with Gasteiger partial charge in [-0.3, -0.25) is 4.68 Å². The lowest BCUT2D eigenvalue weighted by Crippen LogP contribution is -2.24. The number of nitrogens with zero attached hydrogens (tertiary/aromatic N) is 2. The highest BCUT2D eigenvalue weighted by molar-refractivity contribution is 5.73. The average molecular weight is 251 g/mol. The maximum atomic E-state index is 10.6. The number of aryl methyl sites for hydroxylation is 1. The molecule has 0 aliphatic carbocycles.